The zero-order valence-electron chi connectivity index (χ0n) is 16.4. The number of methoxy groups -OCH3 is 2. The minimum atomic E-state index is -0.377. The third-order valence-electron chi connectivity index (χ3n) is 4.56. The van der Waals surface area contributed by atoms with Crippen LogP contribution >= 0.6 is 0 Å². The van der Waals surface area contributed by atoms with E-state index in [-0.39, 0.29) is 17.8 Å². The summed E-state index contributed by atoms with van der Waals surface area (Å²) in [4.78, 5) is 37.3. The number of piperidine rings is 1. The van der Waals surface area contributed by atoms with Gasteiger partial charge in [0.2, 0.25) is 11.8 Å². The van der Waals surface area contributed by atoms with Crippen molar-refractivity contribution in [3.8, 4) is 11.5 Å². The Morgan fingerprint density at radius 1 is 0.966 bits per heavy atom. The number of benzene rings is 2. The number of ether oxygens (including phenoxy) is 2. The van der Waals surface area contributed by atoms with Crippen LogP contribution in [0.3, 0.4) is 0 Å². The zero-order chi connectivity index (χ0) is 20.8. The molecule has 3 rings (SSSR count). The topological polar surface area (TPSA) is 97.0 Å². The van der Waals surface area contributed by atoms with Crippen molar-refractivity contribution in [3.63, 3.8) is 0 Å². The smallest absolute Gasteiger partial charge is 0.319 e. The van der Waals surface area contributed by atoms with E-state index in [1.807, 2.05) is 6.07 Å². The van der Waals surface area contributed by atoms with Crippen molar-refractivity contribution < 1.29 is 23.9 Å². The summed E-state index contributed by atoms with van der Waals surface area (Å²) in [6, 6.07) is 11.6. The lowest BCUT2D eigenvalue weighted by atomic mass is 10.1. The fourth-order valence-electron chi connectivity index (χ4n) is 3.08. The third-order valence-corrected chi connectivity index (χ3v) is 4.56. The number of rotatable bonds is 6. The monoisotopic (exact) mass is 397 g/mol. The standard InChI is InChI=1S/C21H23N3O5/c1-28-17-11-6-14(12-18(17)29-2)13-22-21(27)23-15-7-9-16(10-8-15)24-19(25)4-3-5-20(24)26/h6-12H,3-5,13H2,1-2H3,(H2,22,23,27). The van der Waals surface area contributed by atoms with Gasteiger partial charge >= 0.3 is 6.03 Å². The first-order chi connectivity index (χ1) is 14.0. The summed E-state index contributed by atoms with van der Waals surface area (Å²) >= 11 is 0. The molecule has 1 heterocycles. The second-order valence-corrected chi connectivity index (χ2v) is 6.52. The number of nitrogens with one attached hydrogen (secondary N) is 2. The average molecular weight is 397 g/mol. The van der Waals surface area contributed by atoms with Gasteiger partial charge in [-0.3, -0.25) is 14.5 Å². The largest absolute Gasteiger partial charge is 0.493 e. The maximum atomic E-state index is 12.2. The predicted octanol–water partition coefficient (Wildman–Crippen LogP) is 3.07. The molecule has 2 aromatic rings. The summed E-state index contributed by atoms with van der Waals surface area (Å²) in [5.41, 5.74) is 1.92. The lowest BCUT2D eigenvalue weighted by molar-refractivity contribution is -0.129. The highest BCUT2D eigenvalue weighted by Crippen LogP contribution is 2.27. The number of hydrogen-bond acceptors (Lipinski definition) is 5. The molecule has 8 nitrogen and oxygen atoms in total. The molecule has 1 aliphatic rings. The van der Waals surface area contributed by atoms with Crippen LogP contribution in [-0.2, 0) is 16.1 Å². The van der Waals surface area contributed by atoms with Crippen LogP contribution in [0.15, 0.2) is 42.5 Å². The van der Waals surface area contributed by atoms with Crippen LogP contribution in [-0.4, -0.2) is 32.1 Å². The van der Waals surface area contributed by atoms with E-state index in [2.05, 4.69) is 10.6 Å². The Hall–Kier alpha value is -3.55. The van der Waals surface area contributed by atoms with E-state index in [1.165, 1.54) is 4.90 Å². The van der Waals surface area contributed by atoms with E-state index in [4.69, 9.17) is 9.47 Å². The highest BCUT2D eigenvalue weighted by atomic mass is 16.5. The minimum absolute atomic E-state index is 0.199. The Bertz CT molecular complexity index is 895. The Morgan fingerprint density at radius 2 is 1.62 bits per heavy atom. The van der Waals surface area contributed by atoms with Crippen LogP contribution in [0.1, 0.15) is 24.8 Å². The first-order valence-electron chi connectivity index (χ1n) is 9.23. The molecule has 29 heavy (non-hydrogen) atoms. The first-order valence-corrected chi connectivity index (χ1v) is 9.23. The molecule has 0 saturated carbocycles. The van der Waals surface area contributed by atoms with Crippen LogP contribution < -0.4 is 25.0 Å². The van der Waals surface area contributed by atoms with Gasteiger partial charge in [-0.1, -0.05) is 6.07 Å². The molecule has 0 atom stereocenters. The molecular weight excluding hydrogens is 374 g/mol. The molecule has 1 fully saturated rings. The Labute approximate surface area is 168 Å². The number of carbonyl (C=O) groups is 3. The quantitative estimate of drug-likeness (QED) is 0.730. The van der Waals surface area contributed by atoms with Crippen molar-refractivity contribution in [3.05, 3.63) is 48.0 Å². The SMILES string of the molecule is COc1ccc(CNC(=O)Nc2ccc(N3C(=O)CCCC3=O)cc2)cc1OC. The second-order valence-electron chi connectivity index (χ2n) is 6.52. The number of imide groups is 1. The molecule has 8 heteroatoms. The van der Waals surface area contributed by atoms with E-state index in [1.54, 1.807) is 50.6 Å². The maximum Gasteiger partial charge on any atom is 0.319 e. The number of anilines is 2. The van der Waals surface area contributed by atoms with Crippen LogP contribution in [0.2, 0.25) is 0 Å². The molecule has 4 amide bonds. The van der Waals surface area contributed by atoms with E-state index in [0.717, 1.165) is 5.56 Å². The highest BCUT2D eigenvalue weighted by molar-refractivity contribution is 6.16. The van der Waals surface area contributed by atoms with Gasteiger partial charge in [-0.05, 0) is 48.4 Å². The summed E-state index contributed by atoms with van der Waals surface area (Å²) in [5.74, 6) is 0.806. The molecule has 0 unspecified atom stereocenters. The van der Waals surface area contributed by atoms with Gasteiger partial charge in [0.25, 0.3) is 0 Å². The molecule has 0 radical (unpaired) electrons. The molecule has 0 aromatic heterocycles. The second kappa shape index (κ2) is 9.09. The van der Waals surface area contributed by atoms with Crippen molar-refractivity contribution >= 4 is 29.2 Å². The van der Waals surface area contributed by atoms with Crippen molar-refractivity contribution in [1.82, 2.24) is 5.32 Å². The van der Waals surface area contributed by atoms with Crippen molar-refractivity contribution in [1.29, 1.82) is 0 Å². The van der Waals surface area contributed by atoms with Gasteiger partial charge in [0.05, 0.1) is 19.9 Å². The van der Waals surface area contributed by atoms with Crippen molar-refractivity contribution in [2.45, 2.75) is 25.8 Å². The number of urea groups is 1. The summed E-state index contributed by atoms with van der Waals surface area (Å²) in [6.07, 6.45) is 1.32. The Kier molecular flexibility index (Phi) is 6.33. The summed E-state index contributed by atoms with van der Waals surface area (Å²) in [5, 5.41) is 5.48. The van der Waals surface area contributed by atoms with Crippen molar-refractivity contribution in [2.75, 3.05) is 24.4 Å². The third kappa shape index (κ3) is 4.84. The fraction of sp³-hybridized carbons (Fsp3) is 0.286. The lowest BCUT2D eigenvalue weighted by Crippen LogP contribution is -2.40. The average Bonchev–Trinajstić information content (AvgIpc) is 2.73. The van der Waals surface area contributed by atoms with Crippen LogP contribution in [0, 0.1) is 0 Å². The molecule has 0 bridgehead atoms. The van der Waals surface area contributed by atoms with Crippen LogP contribution in [0.5, 0.6) is 11.5 Å². The molecule has 152 valence electrons. The molecule has 1 saturated heterocycles. The zero-order valence-corrected chi connectivity index (χ0v) is 16.4. The lowest BCUT2D eigenvalue weighted by Gasteiger charge is -2.24. The Balaban J connectivity index is 1.57. The van der Waals surface area contributed by atoms with E-state index in [0.29, 0.717) is 48.7 Å². The molecular formula is C21H23N3O5. The maximum absolute atomic E-state index is 12.2. The first kappa shape index (κ1) is 20.2. The van der Waals surface area contributed by atoms with Gasteiger partial charge in [-0.15, -0.1) is 0 Å². The fourth-order valence-corrected chi connectivity index (χ4v) is 3.08. The normalized spacial score (nSPS) is 13.8. The Morgan fingerprint density at radius 3 is 2.24 bits per heavy atom. The van der Waals surface area contributed by atoms with Gasteiger partial charge in [-0.25, -0.2) is 4.79 Å². The van der Waals surface area contributed by atoms with Crippen LogP contribution in [0.25, 0.3) is 0 Å². The van der Waals surface area contributed by atoms with Crippen molar-refractivity contribution in [2.24, 2.45) is 0 Å². The predicted molar refractivity (Wildman–Crippen MR) is 108 cm³/mol. The number of amides is 4. The summed E-state index contributed by atoms with van der Waals surface area (Å²) in [6.45, 7) is 0.307. The molecule has 1 aliphatic heterocycles. The van der Waals surface area contributed by atoms with E-state index < -0.39 is 0 Å². The highest BCUT2D eigenvalue weighted by Gasteiger charge is 2.27. The molecule has 0 spiro atoms. The van der Waals surface area contributed by atoms with Gasteiger partial charge in [0.15, 0.2) is 11.5 Å². The van der Waals surface area contributed by atoms with Gasteiger partial charge in [0.1, 0.15) is 0 Å². The molecule has 0 aliphatic carbocycles. The van der Waals surface area contributed by atoms with E-state index in [9.17, 15) is 14.4 Å². The summed E-state index contributed by atoms with van der Waals surface area (Å²) < 4.78 is 10.4. The molecule has 2 aromatic carbocycles. The number of hydrogen-bond donors (Lipinski definition) is 2. The van der Waals surface area contributed by atoms with Gasteiger partial charge in [-0.2, -0.15) is 0 Å². The summed E-state index contributed by atoms with van der Waals surface area (Å²) in [7, 11) is 3.11. The van der Waals surface area contributed by atoms with Gasteiger partial charge < -0.3 is 20.1 Å². The molecule has 2 N–H and O–H groups in total. The van der Waals surface area contributed by atoms with Gasteiger partial charge in [0, 0.05) is 25.1 Å². The van der Waals surface area contributed by atoms with E-state index >= 15 is 0 Å². The number of carbonyl (C=O) groups excluding carboxylic acids is 3. The van der Waals surface area contributed by atoms with Crippen LogP contribution in [0.4, 0.5) is 16.2 Å². The number of nitrogens with zero attached hydrogens (tertiary/aromatic N) is 1. The minimum Gasteiger partial charge on any atom is -0.493 e.